The first-order chi connectivity index (χ1) is 12.3. The zero-order valence-electron chi connectivity index (χ0n) is 14.6. The number of hydrogen-bond acceptors (Lipinski definition) is 4. The highest BCUT2D eigenvalue weighted by Crippen LogP contribution is 2.24. The van der Waals surface area contributed by atoms with Crippen molar-refractivity contribution in [3.8, 4) is 11.3 Å². The fourth-order valence-electron chi connectivity index (χ4n) is 4.02. The van der Waals surface area contributed by atoms with Crippen molar-refractivity contribution in [1.82, 2.24) is 14.8 Å². The molecular formula is C20H25N3OS. The third-order valence-electron chi connectivity index (χ3n) is 5.52. The van der Waals surface area contributed by atoms with Crippen molar-refractivity contribution in [3.05, 3.63) is 40.7 Å². The summed E-state index contributed by atoms with van der Waals surface area (Å²) in [4.78, 5) is 21.8. The summed E-state index contributed by atoms with van der Waals surface area (Å²) in [6.07, 6.45) is 8.52. The Labute approximate surface area is 153 Å². The Morgan fingerprint density at radius 3 is 2.48 bits per heavy atom. The molecule has 0 aromatic carbocycles. The SMILES string of the molecule is O=C(c1ccc(-c2ccsc2)nc1)N1CCN(C2CCCCC2)CC1. The van der Waals surface area contributed by atoms with Gasteiger partial charge < -0.3 is 4.90 Å². The van der Waals surface area contributed by atoms with Crippen molar-refractivity contribution in [3.63, 3.8) is 0 Å². The lowest BCUT2D eigenvalue weighted by molar-refractivity contribution is 0.0523. The van der Waals surface area contributed by atoms with Crippen LogP contribution in [0.25, 0.3) is 11.3 Å². The molecule has 4 nitrogen and oxygen atoms in total. The molecule has 25 heavy (non-hydrogen) atoms. The Balaban J connectivity index is 1.35. The van der Waals surface area contributed by atoms with Crippen molar-refractivity contribution in [1.29, 1.82) is 0 Å². The van der Waals surface area contributed by atoms with E-state index in [4.69, 9.17) is 0 Å². The van der Waals surface area contributed by atoms with Crippen LogP contribution in [-0.4, -0.2) is 52.9 Å². The number of thiophene rings is 1. The van der Waals surface area contributed by atoms with Crippen molar-refractivity contribution in [2.75, 3.05) is 26.2 Å². The van der Waals surface area contributed by atoms with E-state index in [0.717, 1.165) is 43.5 Å². The maximum absolute atomic E-state index is 12.7. The van der Waals surface area contributed by atoms with Gasteiger partial charge in [0.05, 0.1) is 11.3 Å². The van der Waals surface area contributed by atoms with Crippen molar-refractivity contribution < 1.29 is 4.79 Å². The Morgan fingerprint density at radius 2 is 1.84 bits per heavy atom. The van der Waals surface area contributed by atoms with Crippen LogP contribution in [0.4, 0.5) is 0 Å². The van der Waals surface area contributed by atoms with Crippen LogP contribution in [0, 0.1) is 0 Å². The summed E-state index contributed by atoms with van der Waals surface area (Å²) in [5.41, 5.74) is 2.75. The van der Waals surface area contributed by atoms with E-state index in [1.165, 1.54) is 32.1 Å². The average Bonchev–Trinajstić information content (AvgIpc) is 3.23. The highest BCUT2D eigenvalue weighted by atomic mass is 32.1. The second-order valence-corrected chi connectivity index (χ2v) is 7.84. The maximum Gasteiger partial charge on any atom is 0.255 e. The first-order valence-corrected chi connectivity index (χ1v) is 10.3. The van der Waals surface area contributed by atoms with Gasteiger partial charge in [0.2, 0.25) is 0 Å². The topological polar surface area (TPSA) is 36.4 Å². The Bertz CT molecular complexity index is 684. The minimum absolute atomic E-state index is 0.118. The van der Waals surface area contributed by atoms with E-state index in [0.29, 0.717) is 5.56 Å². The number of carbonyl (C=O) groups is 1. The second kappa shape index (κ2) is 7.67. The zero-order valence-corrected chi connectivity index (χ0v) is 15.4. The molecule has 0 spiro atoms. The van der Waals surface area contributed by atoms with Gasteiger partial charge in [-0.25, -0.2) is 0 Å². The molecule has 0 radical (unpaired) electrons. The summed E-state index contributed by atoms with van der Waals surface area (Å²) in [6.45, 7) is 3.69. The molecular weight excluding hydrogens is 330 g/mol. The molecule has 2 aromatic rings. The molecule has 0 bridgehead atoms. The molecule has 4 rings (SSSR count). The quantitative estimate of drug-likeness (QED) is 0.838. The molecule has 5 heteroatoms. The van der Waals surface area contributed by atoms with E-state index >= 15 is 0 Å². The van der Waals surface area contributed by atoms with Gasteiger partial charge in [-0.2, -0.15) is 11.3 Å². The molecule has 1 aliphatic carbocycles. The first-order valence-electron chi connectivity index (χ1n) is 9.33. The zero-order chi connectivity index (χ0) is 17.1. The van der Waals surface area contributed by atoms with Crippen LogP contribution in [-0.2, 0) is 0 Å². The maximum atomic E-state index is 12.7. The number of piperazine rings is 1. The fourth-order valence-corrected chi connectivity index (χ4v) is 4.67. The predicted octanol–water partition coefficient (Wildman–Crippen LogP) is 3.90. The summed E-state index contributed by atoms with van der Waals surface area (Å²) in [7, 11) is 0. The number of rotatable bonds is 3. The summed E-state index contributed by atoms with van der Waals surface area (Å²) >= 11 is 1.66. The van der Waals surface area contributed by atoms with Crippen LogP contribution in [0.15, 0.2) is 35.2 Å². The number of amides is 1. The molecule has 0 atom stereocenters. The van der Waals surface area contributed by atoms with Gasteiger partial charge in [0.15, 0.2) is 0 Å². The van der Waals surface area contributed by atoms with Crippen molar-refractivity contribution in [2.45, 2.75) is 38.1 Å². The van der Waals surface area contributed by atoms with E-state index in [2.05, 4.69) is 21.3 Å². The van der Waals surface area contributed by atoms with E-state index < -0.39 is 0 Å². The summed E-state index contributed by atoms with van der Waals surface area (Å²) in [5.74, 6) is 0.118. The van der Waals surface area contributed by atoms with E-state index in [-0.39, 0.29) is 5.91 Å². The third kappa shape index (κ3) is 3.77. The van der Waals surface area contributed by atoms with Gasteiger partial charge in [0.25, 0.3) is 5.91 Å². The fraction of sp³-hybridized carbons (Fsp3) is 0.500. The molecule has 1 amide bonds. The molecule has 132 valence electrons. The van der Waals surface area contributed by atoms with Crippen LogP contribution in [0.5, 0.6) is 0 Å². The number of aromatic nitrogens is 1. The predicted molar refractivity (Wildman–Crippen MR) is 102 cm³/mol. The normalized spacial score (nSPS) is 19.9. The van der Waals surface area contributed by atoms with E-state index in [1.54, 1.807) is 17.5 Å². The first kappa shape index (κ1) is 16.7. The molecule has 1 saturated carbocycles. The standard InChI is InChI=1S/C20H25N3OS/c24-20(16-6-7-19(21-14-16)17-8-13-25-15-17)23-11-9-22(10-12-23)18-4-2-1-3-5-18/h6-8,13-15,18H,1-5,9-12H2. The summed E-state index contributed by atoms with van der Waals surface area (Å²) in [6, 6.07) is 6.67. The van der Waals surface area contributed by atoms with Crippen LogP contribution < -0.4 is 0 Å². The molecule has 2 fully saturated rings. The van der Waals surface area contributed by atoms with Gasteiger partial charge in [-0.1, -0.05) is 19.3 Å². The second-order valence-electron chi connectivity index (χ2n) is 7.06. The highest BCUT2D eigenvalue weighted by Gasteiger charge is 2.27. The minimum atomic E-state index is 0.118. The van der Waals surface area contributed by atoms with Crippen molar-refractivity contribution in [2.24, 2.45) is 0 Å². The van der Waals surface area contributed by atoms with Crippen LogP contribution in [0.1, 0.15) is 42.5 Å². The summed E-state index contributed by atoms with van der Waals surface area (Å²) < 4.78 is 0. The van der Waals surface area contributed by atoms with E-state index in [9.17, 15) is 4.79 Å². The average molecular weight is 356 g/mol. The molecule has 0 N–H and O–H groups in total. The minimum Gasteiger partial charge on any atom is -0.336 e. The lowest BCUT2D eigenvalue weighted by Gasteiger charge is -2.40. The van der Waals surface area contributed by atoms with Crippen LogP contribution in [0.3, 0.4) is 0 Å². The summed E-state index contributed by atoms with van der Waals surface area (Å²) in [5, 5.41) is 4.12. The van der Waals surface area contributed by atoms with Gasteiger partial charge in [-0.05, 0) is 36.4 Å². The third-order valence-corrected chi connectivity index (χ3v) is 6.20. The van der Waals surface area contributed by atoms with Gasteiger partial charge in [-0.15, -0.1) is 0 Å². The molecule has 1 aliphatic heterocycles. The van der Waals surface area contributed by atoms with Crippen LogP contribution >= 0.6 is 11.3 Å². The number of hydrogen-bond donors (Lipinski definition) is 0. The lowest BCUT2D eigenvalue weighted by atomic mass is 9.94. The molecule has 2 aromatic heterocycles. The van der Waals surface area contributed by atoms with Gasteiger partial charge in [-0.3, -0.25) is 14.7 Å². The highest BCUT2D eigenvalue weighted by molar-refractivity contribution is 7.08. The Hall–Kier alpha value is -1.72. The van der Waals surface area contributed by atoms with Gasteiger partial charge in [0.1, 0.15) is 0 Å². The largest absolute Gasteiger partial charge is 0.336 e. The number of nitrogens with zero attached hydrogens (tertiary/aromatic N) is 3. The molecule has 2 aliphatic rings. The Kier molecular flexibility index (Phi) is 5.13. The molecule has 0 unspecified atom stereocenters. The monoisotopic (exact) mass is 355 g/mol. The van der Waals surface area contributed by atoms with Gasteiger partial charge in [0, 0.05) is 49.4 Å². The van der Waals surface area contributed by atoms with Crippen LogP contribution in [0.2, 0.25) is 0 Å². The Morgan fingerprint density at radius 1 is 1.04 bits per heavy atom. The van der Waals surface area contributed by atoms with Gasteiger partial charge >= 0.3 is 0 Å². The smallest absolute Gasteiger partial charge is 0.255 e. The number of pyridine rings is 1. The number of carbonyl (C=O) groups excluding carboxylic acids is 1. The molecule has 1 saturated heterocycles. The molecule has 3 heterocycles. The lowest BCUT2D eigenvalue weighted by Crippen LogP contribution is -2.52. The van der Waals surface area contributed by atoms with E-state index in [1.807, 2.05) is 22.4 Å². The van der Waals surface area contributed by atoms with Crippen molar-refractivity contribution >= 4 is 17.2 Å².